The van der Waals surface area contributed by atoms with Crippen LogP contribution < -0.4 is 11.3 Å². The lowest BCUT2D eigenvalue weighted by Crippen LogP contribution is -2.32. The molecule has 1 saturated carbocycles. The maximum atomic E-state index is 5.32. The molecule has 0 spiro atoms. The third kappa shape index (κ3) is 1.94. The van der Waals surface area contributed by atoms with E-state index in [1.54, 1.807) is 0 Å². The molecule has 0 saturated heterocycles. The zero-order valence-corrected chi connectivity index (χ0v) is 6.52. The van der Waals surface area contributed by atoms with Crippen molar-refractivity contribution in [2.45, 2.75) is 19.8 Å². The van der Waals surface area contributed by atoms with Gasteiger partial charge >= 0.3 is 0 Å². The molecule has 1 aliphatic rings. The fourth-order valence-corrected chi connectivity index (χ4v) is 1.08. The summed E-state index contributed by atoms with van der Waals surface area (Å²) in [5.41, 5.74) is 3.09. The summed E-state index contributed by atoms with van der Waals surface area (Å²) in [4.78, 5) is 0. The predicted molar refractivity (Wildman–Crippen MR) is 40.4 cm³/mol. The SMILES string of the molecule is CCOCC1(CNN)CC1. The molecular weight excluding hydrogens is 128 g/mol. The second-order valence-corrected chi connectivity index (χ2v) is 3.02. The first-order valence-corrected chi connectivity index (χ1v) is 3.84. The van der Waals surface area contributed by atoms with E-state index in [0.717, 1.165) is 19.8 Å². The summed E-state index contributed by atoms with van der Waals surface area (Å²) in [5, 5.41) is 0. The Bertz CT molecular complexity index is 102. The van der Waals surface area contributed by atoms with Gasteiger partial charge in [0.2, 0.25) is 0 Å². The minimum Gasteiger partial charge on any atom is -0.381 e. The fraction of sp³-hybridized carbons (Fsp3) is 1.00. The van der Waals surface area contributed by atoms with Gasteiger partial charge in [-0.1, -0.05) is 0 Å². The van der Waals surface area contributed by atoms with E-state index in [0.29, 0.717) is 5.41 Å². The second-order valence-electron chi connectivity index (χ2n) is 3.02. The lowest BCUT2D eigenvalue weighted by Gasteiger charge is -2.12. The van der Waals surface area contributed by atoms with Crippen LogP contribution in [0.1, 0.15) is 19.8 Å². The molecule has 0 aromatic heterocycles. The Hall–Kier alpha value is -0.120. The number of nitrogens with one attached hydrogen (secondary N) is 1. The molecule has 0 aromatic carbocycles. The van der Waals surface area contributed by atoms with Crippen molar-refractivity contribution in [3.63, 3.8) is 0 Å². The molecule has 3 nitrogen and oxygen atoms in total. The average molecular weight is 144 g/mol. The van der Waals surface area contributed by atoms with Crippen LogP contribution in [0.4, 0.5) is 0 Å². The Morgan fingerprint density at radius 1 is 1.60 bits per heavy atom. The summed E-state index contributed by atoms with van der Waals surface area (Å²) in [6.07, 6.45) is 2.52. The molecular formula is C7H16N2O. The molecule has 0 aliphatic heterocycles. The number of hydrogen-bond donors (Lipinski definition) is 2. The Morgan fingerprint density at radius 3 is 2.70 bits per heavy atom. The van der Waals surface area contributed by atoms with Gasteiger partial charge in [0.1, 0.15) is 0 Å². The van der Waals surface area contributed by atoms with Gasteiger partial charge in [-0.15, -0.1) is 0 Å². The van der Waals surface area contributed by atoms with Crippen molar-refractivity contribution < 1.29 is 4.74 Å². The van der Waals surface area contributed by atoms with Crippen LogP contribution in [0.15, 0.2) is 0 Å². The van der Waals surface area contributed by atoms with Crippen molar-refractivity contribution in [2.24, 2.45) is 11.3 Å². The smallest absolute Gasteiger partial charge is 0.0534 e. The highest BCUT2D eigenvalue weighted by atomic mass is 16.5. The van der Waals surface area contributed by atoms with E-state index >= 15 is 0 Å². The number of ether oxygens (including phenoxy) is 1. The van der Waals surface area contributed by atoms with Gasteiger partial charge in [-0.25, -0.2) is 0 Å². The summed E-state index contributed by atoms with van der Waals surface area (Å²) in [7, 11) is 0. The van der Waals surface area contributed by atoms with Gasteiger partial charge in [-0.3, -0.25) is 11.3 Å². The summed E-state index contributed by atoms with van der Waals surface area (Å²) in [6.45, 7) is 4.60. The normalized spacial score (nSPS) is 21.0. The van der Waals surface area contributed by atoms with Crippen molar-refractivity contribution in [1.29, 1.82) is 0 Å². The van der Waals surface area contributed by atoms with Gasteiger partial charge in [-0.05, 0) is 19.8 Å². The standard InChI is InChI=1S/C7H16N2O/c1-2-10-6-7(3-4-7)5-9-8/h9H,2-6,8H2,1H3. The largest absolute Gasteiger partial charge is 0.381 e. The summed E-state index contributed by atoms with van der Waals surface area (Å²) in [6, 6.07) is 0. The van der Waals surface area contributed by atoms with E-state index in [4.69, 9.17) is 10.6 Å². The topological polar surface area (TPSA) is 47.3 Å². The highest BCUT2D eigenvalue weighted by Crippen LogP contribution is 2.44. The maximum Gasteiger partial charge on any atom is 0.0534 e. The molecule has 1 aliphatic carbocycles. The third-order valence-electron chi connectivity index (χ3n) is 2.05. The maximum absolute atomic E-state index is 5.32. The van der Waals surface area contributed by atoms with E-state index < -0.39 is 0 Å². The van der Waals surface area contributed by atoms with Gasteiger partial charge in [0, 0.05) is 18.6 Å². The predicted octanol–water partition coefficient (Wildman–Crippen LogP) is 0.266. The molecule has 0 bridgehead atoms. The fourth-order valence-electron chi connectivity index (χ4n) is 1.08. The lowest BCUT2D eigenvalue weighted by atomic mass is 10.1. The van der Waals surface area contributed by atoms with Gasteiger partial charge < -0.3 is 4.74 Å². The molecule has 1 rings (SSSR count). The van der Waals surface area contributed by atoms with Crippen molar-refractivity contribution in [3.05, 3.63) is 0 Å². The molecule has 1 fully saturated rings. The Morgan fingerprint density at radius 2 is 2.30 bits per heavy atom. The van der Waals surface area contributed by atoms with Crippen LogP contribution in [0.5, 0.6) is 0 Å². The Labute approximate surface area is 61.9 Å². The van der Waals surface area contributed by atoms with Crippen molar-refractivity contribution in [2.75, 3.05) is 19.8 Å². The molecule has 0 atom stereocenters. The van der Waals surface area contributed by atoms with Gasteiger partial charge in [0.25, 0.3) is 0 Å². The van der Waals surface area contributed by atoms with Crippen LogP contribution in [0.2, 0.25) is 0 Å². The van der Waals surface area contributed by atoms with E-state index in [1.807, 2.05) is 6.92 Å². The highest BCUT2D eigenvalue weighted by Gasteiger charge is 2.42. The van der Waals surface area contributed by atoms with Crippen molar-refractivity contribution in [1.82, 2.24) is 5.43 Å². The summed E-state index contributed by atoms with van der Waals surface area (Å²) in [5.74, 6) is 5.22. The summed E-state index contributed by atoms with van der Waals surface area (Å²) < 4.78 is 5.32. The Balaban J connectivity index is 2.11. The molecule has 0 aromatic rings. The van der Waals surface area contributed by atoms with Crippen LogP contribution in [0.25, 0.3) is 0 Å². The second kappa shape index (κ2) is 3.32. The number of rotatable bonds is 5. The zero-order chi connectivity index (χ0) is 7.45. The molecule has 10 heavy (non-hydrogen) atoms. The first-order valence-electron chi connectivity index (χ1n) is 3.84. The first kappa shape index (κ1) is 7.98. The molecule has 0 amide bonds. The van der Waals surface area contributed by atoms with Crippen LogP contribution in [0, 0.1) is 5.41 Å². The van der Waals surface area contributed by atoms with E-state index in [-0.39, 0.29) is 0 Å². The van der Waals surface area contributed by atoms with Crippen molar-refractivity contribution >= 4 is 0 Å². The van der Waals surface area contributed by atoms with E-state index in [1.165, 1.54) is 12.8 Å². The van der Waals surface area contributed by atoms with Crippen molar-refractivity contribution in [3.8, 4) is 0 Å². The number of hydrogen-bond acceptors (Lipinski definition) is 3. The third-order valence-corrected chi connectivity index (χ3v) is 2.05. The minimum atomic E-state index is 0.394. The minimum absolute atomic E-state index is 0.394. The monoisotopic (exact) mass is 144 g/mol. The van der Waals surface area contributed by atoms with Gasteiger partial charge in [0.05, 0.1) is 6.61 Å². The van der Waals surface area contributed by atoms with E-state index in [9.17, 15) is 0 Å². The summed E-state index contributed by atoms with van der Waals surface area (Å²) >= 11 is 0. The molecule has 3 N–H and O–H groups in total. The molecule has 0 radical (unpaired) electrons. The van der Waals surface area contributed by atoms with Crippen LogP contribution in [0.3, 0.4) is 0 Å². The molecule has 0 unspecified atom stereocenters. The first-order chi connectivity index (χ1) is 4.83. The van der Waals surface area contributed by atoms with Gasteiger partial charge in [-0.2, -0.15) is 0 Å². The van der Waals surface area contributed by atoms with Crippen LogP contribution in [-0.4, -0.2) is 19.8 Å². The average Bonchev–Trinajstić information content (AvgIpc) is 2.67. The quantitative estimate of drug-likeness (QED) is 0.430. The zero-order valence-electron chi connectivity index (χ0n) is 6.52. The molecule has 60 valence electrons. The lowest BCUT2D eigenvalue weighted by molar-refractivity contribution is 0.100. The highest BCUT2D eigenvalue weighted by molar-refractivity contribution is 4.94. The van der Waals surface area contributed by atoms with Crippen LogP contribution >= 0.6 is 0 Å². The van der Waals surface area contributed by atoms with Crippen LogP contribution in [-0.2, 0) is 4.74 Å². The van der Waals surface area contributed by atoms with E-state index in [2.05, 4.69) is 5.43 Å². The number of nitrogens with two attached hydrogens (primary N) is 1. The number of hydrazine groups is 1. The molecule has 0 heterocycles. The molecule has 3 heteroatoms. The Kier molecular flexibility index (Phi) is 2.65. The van der Waals surface area contributed by atoms with Gasteiger partial charge in [0.15, 0.2) is 0 Å².